The van der Waals surface area contributed by atoms with Gasteiger partial charge in [-0.05, 0) is 19.1 Å². The van der Waals surface area contributed by atoms with E-state index in [1.54, 1.807) is 6.92 Å². The fraction of sp³-hybridized carbons (Fsp3) is 0.500. The van der Waals surface area contributed by atoms with Crippen LogP contribution in [0, 0.1) is 0 Å². The van der Waals surface area contributed by atoms with Crippen molar-refractivity contribution < 1.29 is 18.3 Å². The van der Waals surface area contributed by atoms with Gasteiger partial charge in [-0.2, -0.15) is 0 Å². The van der Waals surface area contributed by atoms with E-state index in [1.165, 1.54) is 18.2 Å². The molecule has 20 heavy (non-hydrogen) atoms. The molecule has 2 atom stereocenters. The molecule has 1 fully saturated rings. The molecule has 0 aromatic heterocycles. The van der Waals surface area contributed by atoms with Crippen LogP contribution in [0.5, 0.6) is 0 Å². The van der Waals surface area contributed by atoms with E-state index in [0.717, 1.165) is 0 Å². The molecule has 112 valence electrons. The molecule has 1 aromatic rings. The zero-order chi connectivity index (χ0) is 15.0. The highest BCUT2D eigenvalue weighted by Gasteiger charge is 2.40. The Balaban J connectivity index is 2.18. The van der Waals surface area contributed by atoms with Gasteiger partial charge in [-0.25, -0.2) is 13.1 Å². The maximum absolute atomic E-state index is 12.2. The molecule has 8 heteroatoms. The van der Waals surface area contributed by atoms with Gasteiger partial charge in [-0.3, -0.25) is 0 Å². The summed E-state index contributed by atoms with van der Waals surface area (Å²) in [5.41, 5.74) is -1.21. The van der Waals surface area contributed by atoms with Gasteiger partial charge in [0.2, 0.25) is 10.0 Å². The van der Waals surface area contributed by atoms with E-state index < -0.39 is 21.7 Å². The summed E-state index contributed by atoms with van der Waals surface area (Å²) < 4.78 is 32.0. The van der Waals surface area contributed by atoms with Crippen molar-refractivity contribution in [3.05, 3.63) is 28.2 Å². The summed E-state index contributed by atoms with van der Waals surface area (Å²) in [7, 11) is -3.84. The molecule has 5 nitrogen and oxygen atoms in total. The summed E-state index contributed by atoms with van der Waals surface area (Å²) in [6, 6.07) is 4.36. The molecule has 0 bridgehead atoms. The van der Waals surface area contributed by atoms with Crippen LogP contribution in [0.1, 0.15) is 13.3 Å². The fourth-order valence-electron chi connectivity index (χ4n) is 1.99. The van der Waals surface area contributed by atoms with Gasteiger partial charge in [-0.1, -0.05) is 29.3 Å². The van der Waals surface area contributed by atoms with E-state index in [1.807, 2.05) is 0 Å². The Morgan fingerprint density at radius 1 is 1.50 bits per heavy atom. The zero-order valence-electron chi connectivity index (χ0n) is 10.8. The summed E-state index contributed by atoms with van der Waals surface area (Å²) in [5, 5.41) is 10.4. The van der Waals surface area contributed by atoms with Gasteiger partial charge in [0.15, 0.2) is 0 Å². The van der Waals surface area contributed by atoms with Crippen molar-refractivity contribution in [2.24, 2.45) is 0 Å². The Morgan fingerprint density at radius 3 is 2.80 bits per heavy atom. The lowest BCUT2D eigenvalue weighted by molar-refractivity contribution is -0.0228. The molecule has 2 unspecified atom stereocenters. The predicted octanol–water partition coefficient (Wildman–Crippen LogP) is 1.81. The number of nitrogens with one attached hydrogen (secondary N) is 1. The Bertz CT molecular complexity index is 607. The average molecular weight is 340 g/mol. The molecule has 2 rings (SSSR count). The Labute approximate surface area is 127 Å². The van der Waals surface area contributed by atoms with Crippen LogP contribution in [0.15, 0.2) is 23.1 Å². The number of aliphatic hydroxyl groups is 1. The quantitative estimate of drug-likeness (QED) is 0.877. The normalized spacial score (nSPS) is 26.9. The summed E-state index contributed by atoms with van der Waals surface area (Å²) >= 11 is 11.7. The molecule has 0 aliphatic carbocycles. The Morgan fingerprint density at radius 2 is 2.20 bits per heavy atom. The first-order valence-corrected chi connectivity index (χ1v) is 8.28. The van der Waals surface area contributed by atoms with Gasteiger partial charge in [-0.15, -0.1) is 0 Å². The molecule has 0 saturated carbocycles. The van der Waals surface area contributed by atoms with Crippen molar-refractivity contribution in [1.82, 2.24) is 4.72 Å². The second kappa shape index (κ2) is 5.79. The van der Waals surface area contributed by atoms with Crippen molar-refractivity contribution in [2.45, 2.75) is 29.9 Å². The Hall–Kier alpha value is -0.370. The van der Waals surface area contributed by atoms with Crippen molar-refractivity contribution in [3.8, 4) is 0 Å². The smallest absolute Gasteiger partial charge is 0.242 e. The van der Waals surface area contributed by atoms with Crippen LogP contribution in [0.25, 0.3) is 0 Å². The van der Waals surface area contributed by atoms with Crippen LogP contribution < -0.4 is 4.72 Å². The summed E-state index contributed by atoms with van der Waals surface area (Å²) in [6.07, 6.45) is -0.0556. The SMILES string of the molecule is CC1OCCC1(O)CNS(=O)(=O)c1cccc(Cl)c1Cl. The minimum absolute atomic E-state index is 0.0376. The first-order valence-electron chi connectivity index (χ1n) is 6.04. The van der Waals surface area contributed by atoms with Crippen molar-refractivity contribution in [3.63, 3.8) is 0 Å². The molecule has 2 N–H and O–H groups in total. The molecule has 1 heterocycles. The maximum Gasteiger partial charge on any atom is 0.242 e. The molecule has 1 saturated heterocycles. The number of sulfonamides is 1. The third-order valence-corrected chi connectivity index (χ3v) is 5.81. The summed E-state index contributed by atoms with van der Waals surface area (Å²) in [4.78, 5) is -0.109. The summed E-state index contributed by atoms with van der Waals surface area (Å²) in [6.45, 7) is 1.96. The molecule has 1 aromatic carbocycles. The lowest BCUT2D eigenvalue weighted by Crippen LogP contribution is -2.47. The van der Waals surface area contributed by atoms with Crippen LogP contribution in [-0.2, 0) is 14.8 Å². The first-order chi connectivity index (χ1) is 9.26. The maximum atomic E-state index is 12.2. The monoisotopic (exact) mass is 339 g/mol. The lowest BCUT2D eigenvalue weighted by Gasteiger charge is -2.26. The van der Waals surface area contributed by atoms with E-state index in [4.69, 9.17) is 27.9 Å². The topological polar surface area (TPSA) is 75.6 Å². The highest BCUT2D eigenvalue weighted by atomic mass is 35.5. The number of ether oxygens (including phenoxy) is 1. The lowest BCUT2D eigenvalue weighted by atomic mass is 9.97. The van der Waals surface area contributed by atoms with E-state index in [0.29, 0.717) is 13.0 Å². The minimum atomic E-state index is -3.84. The zero-order valence-corrected chi connectivity index (χ0v) is 13.1. The highest BCUT2D eigenvalue weighted by Crippen LogP contribution is 2.30. The number of halogens is 2. The highest BCUT2D eigenvalue weighted by molar-refractivity contribution is 7.89. The molecule has 0 spiro atoms. The van der Waals surface area contributed by atoms with E-state index >= 15 is 0 Å². The predicted molar refractivity (Wildman–Crippen MR) is 76.6 cm³/mol. The van der Waals surface area contributed by atoms with Crippen molar-refractivity contribution >= 4 is 33.2 Å². The van der Waals surface area contributed by atoms with Gasteiger partial charge < -0.3 is 9.84 Å². The molecule has 1 aliphatic rings. The van der Waals surface area contributed by atoms with Crippen LogP contribution in [0.4, 0.5) is 0 Å². The molecular weight excluding hydrogens is 325 g/mol. The molecule has 0 amide bonds. The number of hydrogen-bond donors (Lipinski definition) is 2. The van der Waals surface area contributed by atoms with Gasteiger partial charge in [0.05, 0.1) is 16.1 Å². The standard InChI is InChI=1S/C12H15Cl2NO4S/c1-8-12(16,5-6-19-8)7-15-20(17,18)10-4-2-3-9(13)11(10)14/h2-4,8,15-16H,5-7H2,1H3. The molecule has 0 radical (unpaired) electrons. The summed E-state index contributed by atoms with van der Waals surface area (Å²) in [5.74, 6) is 0. The number of benzene rings is 1. The van der Waals surface area contributed by atoms with Crippen LogP contribution in [0.3, 0.4) is 0 Å². The van der Waals surface area contributed by atoms with Crippen molar-refractivity contribution in [1.29, 1.82) is 0 Å². The van der Waals surface area contributed by atoms with Gasteiger partial charge in [0, 0.05) is 19.6 Å². The first kappa shape index (κ1) is 16.0. The third kappa shape index (κ3) is 3.10. The van der Waals surface area contributed by atoms with Crippen LogP contribution >= 0.6 is 23.2 Å². The minimum Gasteiger partial charge on any atom is -0.386 e. The average Bonchev–Trinajstić information content (AvgIpc) is 2.71. The second-order valence-corrected chi connectivity index (χ2v) is 7.26. The van der Waals surface area contributed by atoms with E-state index in [-0.39, 0.29) is 21.5 Å². The number of hydrogen-bond acceptors (Lipinski definition) is 4. The van der Waals surface area contributed by atoms with E-state index in [9.17, 15) is 13.5 Å². The van der Waals surface area contributed by atoms with Crippen LogP contribution in [0.2, 0.25) is 10.0 Å². The van der Waals surface area contributed by atoms with Gasteiger partial charge >= 0.3 is 0 Å². The molecular formula is C12H15Cl2NO4S. The number of rotatable bonds is 4. The van der Waals surface area contributed by atoms with Crippen LogP contribution in [-0.4, -0.2) is 38.4 Å². The Kier molecular flexibility index (Phi) is 4.63. The third-order valence-electron chi connectivity index (χ3n) is 3.43. The second-order valence-electron chi connectivity index (χ2n) is 4.74. The van der Waals surface area contributed by atoms with Crippen molar-refractivity contribution in [2.75, 3.05) is 13.2 Å². The van der Waals surface area contributed by atoms with Gasteiger partial charge in [0.25, 0.3) is 0 Å². The van der Waals surface area contributed by atoms with Gasteiger partial charge in [0.1, 0.15) is 10.5 Å². The fourth-order valence-corrected chi connectivity index (χ4v) is 3.85. The molecule has 1 aliphatic heterocycles. The van der Waals surface area contributed by atoms with E-state index in [2.05, 4.69) is 4.72 Å². The largest absolute Gasteiger partial charge is 0.386 e.